The lowest BCUT2D eigenvalue weighted by Gasteiger charge is -2.46. The highest BCUT2D eigenvalue weighted by molar-refractivity contribution is 5.31. The monoisotopic (exact) mass is 303 g/mol. The van der Waals surface area contributed by atoms with Crippen LogP contribution in [-0.4, -0.2) is 57.2 Å². The summed E-state index contributed by atoms with van der Waals surface area (Å²) in [5.74, 6) is 1.68. The molecule has 4 aliphatic heterocycles. The SMILES string of the molecule is C=C1N2CCCCCN1C1(N)N3CCCCCN(C3=C)C21C. The van der Waals surface area contributed by atoms with Gasteiger partial charge in [0.15, 0.2) is 5.66 Å². The van der Waals surface area contributed by atoms with Gasteiger partial charge in [-0.2, -0.15) is 0 Å². The highest BCUT2D eigenvalue weighted by atomic mass is 15.7. The normalized spacial score (nSPS) is 38.6. The fourth-order valence-electron chi connectivity index (χ4n) is 5.11. The van der Waals surface area contributed by atoms with Crippen molar-refractivity contribution in [2.24, 2.45) is 5.73 Å². The fourth-order valence-corrected chi connectivity index (χ4v) is 5.11. The molecule has 2 N–H and O–H groups in total. The Labute approximate surface area is 134 Å². The highest BCUT2D eigenvalue weighted by Gasteiger charge is 2.71. The van der Waals surface area contributed by atoms with Gasteiger partial charge >= 0.3 is 0 Å². The summed E-state index contributed by atoms with van der Waals surface area (Å²) in [6.45, 7) is 15.2. The summed E-state index contributed by atoms with van der Waals surface area (Å²) in [4.78, 5) is 9.65. The molecular weight excluding hydrogens is 274 g/mol. The Morgan fingerprint density at radius 3 is 1.50 bits per heavy atom. The van der Waals surface area contributed by atoms with Crippen molar-refractivity contribution in [2.75, 3.05) is 26.2 Å². The first-order chi connectivity index (χ1) is 10.5. The topological polar surface area (TPSA) is 39.0 Å². The van der Waals surface area contributed by atoms with E-state index < -0.39 is 5.79 Å². The Bertz CT molecular complexity index is 435. The lowest BCUT2D eigenvalue weighted by Crippen LogP contribution is -2.72. The van der Waals surface area contributed by atoms with E-state index in [0.29, 0.717) is 0 Å². The summed E-state index contributed by atoms with van der Waals surface area (Å²) in [6.07, 6.45) is 7.38. The number of fused-ring (bicyclic) bond motifs is 9. The molecule has 0 aromatic heterocycles. The van der Waals surface area contributed by atoms with Crippen LogP contribution in [0.25, 0.3) is 0 Å². The van der Waals surface area contributed by atoms with Crippen molar-refractivity contribution in [3.8, 4) is 0 Å². The van der Waals surface area contributed by atoms with Gasteiger partial charge in [0.05, 0.1) is 0 Å². The second kappa shape index (κ2) is 4.57. The van der Waals surface area contributed by atoms with Crippen LogP contribution in [0, 0.1) is 0 Å². The van der Waals surface area contributed by atoms with Gasteiger partial charge in [-0.05, 0) is 45.4 Å². The zero-order valence-electron chi connectivity index (χ0n) is 13.9. The largest absolute Gasteiger partial charge is 0.331 e. The zero-order valence-corrected chi connectivity index (χ0v) is 13.9. The van der Waals surface area contributed by atoms with Crippen LogP contribution in [0.4, 0.5) is 0 Å². The van der Waals surface area contributed by atoms with E-state index in [1.54, 1.807) is 0 Å². The van der Waals surface area contributed by atoms with Crippen molar-refractivity contribution in [3.63, 3.8) is 0 Å². The van der Waals surface area contributed by atoms with Crippen molar-refractivity contribution in [1.29, 1.82) is 0 Å². The molecule has 0 aromatic carbocycles. The van der Waals surface area contributed by atoms with Gasteiger partial charge in [0.2, 0.25) is 5.79 Å². The summed E-state index contributed by atoms with van der Waals surface area (Å²) in [5, 5.41) is 0. The molecule has 0 amide bonds. The molecule has 0 atom stereocenters. The van der Waals surface area contributed by atoms with E-state index in [0.717, 1.165) is 37.8 Å². The fraction of sp³-hybridized carbons (Fsp3) is 0.765. The molecule has 0 unspecified atom stereocenters. The molecular formula is C17H29N5. The number of hydrogen-bond donors (Lipinski definition) is 1. The van der Waals surface area contributed by atoms with E-state index in [4.69, 9.17) is 5.73 Å². The molecule has 122 valence electrons. The molecule has 5 nitrogen and oxygen atoms in total. The van der Waals surface area contributed by atoms with E-state index in [1.165, 1.54) is 38.5 Å². The Kier molecular flexibility index (Phi) is 2.96. The maximum atomic E-state index is 7.17. The number of hydrogen-bond acceptors (Lipinski definition) is 5. The number of nitrogens with two attached hydrogens (primary N) is 1. The molecule has 22 heavy (non-hydrogen) atoms. The maximum absolute atomic E-state index is 7.17. The molecule has 4 aliphatic rings. The first-order valence-corrected chi connectivity index (χ1v) is 8.80. The van der Waals surface area contributed by atoms with Crippen LogP contribution in [0.2, 0.25) is 0 Å². The van der Waals surface area contributed by atoms with Crippen LogP contribution >= 0.6 is 0 Å². The minimum absolute atomic E-state index is 0.254. The van der Waals surface area contributed by atoms with E-state index >= 15 is 0 Å². The van der Waals surface area contributed by atoms with Gasteiger partial charge < -0.3 is 19.6 Å². The molecule has 4 heterocycles. The van der Waals surface area contributed by atoms with Crippen molar-refractivity contribution in [3.05, 3.63) is 24.8 Å². The van der Waals surface area contributed by atoms with Crippen LogP contribution < -0.4 is 5.73 Å². The average molecular weight is 303 g/mol. The first-order valence-electron chi connectivity index (χ1n) is 8.80. The Morgan fingerprint density at radius 1 is 0.727 bits per heavy atom. The molecule has 4 fully saturated rings. The molecule has 0 spiro atoms. The molecule has 4 rings (SSSR count). The van der Waals surface area contributed by atoms with Crippen LogP contribution in [0.15, 0.2) is 24.8 Å². The van der Waals surface area contributed by atoms with Gasteiger partial charge in [-0.1, -0.05) is 13.2 Å². The van der Waals surface area contributed by atoms with Crippen molar-refractivity contribution in [2.45, 2.75) is 56.9 Å². The van der Waals surface area contributed by atoms with Crippen LogP contribution in [-0.2, 0) is 0 Å². The first kappa shape index (κ1) is 14.2. The van der Waals surface area contributed by atoms with Crippen LogP contribution in [0.3, 0.4) is 0 Å². The predicted octanol–water partition coefficient (Wildman–Crippen LogP) is 1.86. The third kappa shape index (κ3) is 1.43. The summed E-state index contributed by atoms with van der Waals surface area (Å²) >= 11 is 0. The van der Waals surface area contributed by atoms with Gasteiger partial charge in [-0.25, -0.2) is 0 Å². The van der Waals surface area contributed by atoms with E-state index in [2.05, 4.69) is 39.7 Å². The minimum Gasteiger partial charge on any atom is -0.331 e. The van der Waals surface area contributed by atoms with Gasteiger partial charge in [-0.3, -0.25) is 5.73 Å². The molecule has 0 aromatic rings. The molecule has 0 saturated carbocycles. The smallest absolute Gasteiger partial charge is 0.212 e. The molecule has 5 heteroatoms. The number of nitrogens with zero attached hydrogens (tertiary/aromatic N) is 4. The number of rotatable bonds is 0. The van der Waals surface area contributed by atoms with Gasteiger partial charge in [0.25, 0.3) is 0 Å². The third-order valence-electron chi connectivity index (χ3n) is 6.34. The second-order valence-corrected chi connectivity index (χ2v) is 7.31. The quantitative estimate of drug-likeness (QED) is 0.739. The molecule has 4 bridgehead atoms. The predicted molar refractivity (Wildman–Crippen MR) is 88.1 cm³/mol. The lowest BCUT2D eigenvalue weighted by molar-refractivity contribution is -0.0434. The van der Waals surface area contributed by atoms with E-state index in [1.807, 2.05) is 0 Å². The lowest BCUT2D eigenvalue weighted by atomic mass is 10.0. The molecule has 0 aliphatic carbocycles. The Hall–Kier alpha value is -1.36. The van der Waals surface area contributed by atoms with Gasteiger partial charge in [-0.15, -0.1) is 0 Å². The maximum Gasteiger partial charge on any atom is 0.212 e. The average Bonchev–Trinajstić information content (AvgIpc) is 2.75. The molecule has 0 radical (unpaired) electrons. The standard InChI is InChI=1S/C17H29N5/c1-14-19-10-6-4-8-12-21(14)17(18)16(19,3)20-11-7-5-9-13-22(17)15(20)2/h1-2,4-13,18H2,3H3. The van der Waals surface area contributed by atoms with E-state index in [9.17, 15) is 0 Å². The molecule has 4 saturated heterocycles. The highest BCUT2D eigenvalue weighted by Crippen LogP contribution is 2.54. The second-order valence-electron chi connectivity index (χ2n) is 7.31. The Balaban J connectivity index is 1.89. The summed E-state index contributed by atoms with van der Waals surface area (Å²) in [5.41, 5.74) is 6.92. The zero-order chi connectivity index (χ0) is 15.5. The third-order valence-corrected chi connectivity index (χ3v) is 6.34. The van der Waals surface area contributed by atoms with Crippen LogP contribution in [0.5, 0.6) is 0 Å². The van der Waals surface area contributed by atoms with Crippen LogP contribution in [0.1, 0.15) is 45.4 Å². The van der Waals surface area contributed by atoms with Gasteiger partial charge in [0, 0.05) is 26.2 Å². The van der Waals surface area contributed by atoms with Crippen molar-refractivity contribution in [1.82, 2.24) is 19.6 Å². The summed E-state index contributed by atoms with van der Waals surface area (Å²) in [6, 6.07) is 0. The summed E-state index contributed by atoms with van der Waals surface area (Å²) < 4.78 is 0. The van der Waals surface area contributed by atoms with Crippen molar-refractivity contribution >= 4 is 0 Å². The van der Waals surface area contributed by atoms with Crippen molar-refractivity contribution < 1.29 is 0 Å². The summed E-state index contributed by atoms with van der Waals surface area (Å²) in [7, 11) is 0. The Morgan fingerprint density at radius 2 is 1.09 bits per heavy atom. The minimum atomic E-state index is -0.532. The van der Waals surface area contributed by atoms with E-state index in [-0.39, 0.29) is 5.66 Å². The van der Waals surface area contributed by atoms with Gasteiger partial charge in [0.1, 0.15) is 11.6 Å².